The van der Waals surface area contributed by atoms with Crippen LogP contribution in [-0.4, -0.2) is 40.8 Å². The van der Waals surface area contributed by atoms with Gasteiger partial charge in [0.1, 0.15) is 0 Å². The zero-order valence-electron chi connectivity index (χ0n) is 7.09. The van der Waals surface area contributed by atoms with Gasteiger partial charge in [-0.15, -0.1) is 0 Å². The van der Waals surface area contributed by atoms with Crippen LogP contribution in [0.2, 0.25) is 0 Å². The van der Waals surface area contributed by atoms with Crippen LogP contribution in [0.4, 0.5) is 0 Å². The standard InChI is InChI=1S/C5H11NOS.C2H6/c1-6-2-4-8(7)5-3-6;1-2/h2-5H2,1H3;1-2H3. The second kappa shape index (κ2) is 5.86. The van der Waals surface area contributed by atoms with E-state index in [0.29, 0.717) is 0 Å². The van der Waals surface area contributed by atoms with Gasteiger partial charge in [-0.25, -0.2) is 0 Å². The highest BCUT2D eigenvalue weighted by Crippen LogP contribution is 1.94. The summed E-state index contributed by atoms with van der Waals surface area (Å²) in [4.78, 5) is 2.21. The Bertz CT molecular complexity index is 95.8. The molecule has 0 aliphatic carbocycles. The summed E-state index contributed by atoms with van der Waals surface area (Å²) in [6.45, 7) is 6.01. The van der Waals surface area contributed by atoms with E-state index in [0.717, 1.165) is 24.6 Å². The third-order valence-corrected chi connectivity index (χ3v) is 2.68. The quantitative estimate of drug-likeness (QED) is 0.524. The molecule has 0 radical (unpaired) electrons. The lowest BCUT2D eigenvalue weighted by molar-refractivity contribution is 0.367. The SMILES string of the molecule is CC.CN1CCS(=O)CC1. The summed E-state index contributed by atoms with van der Waals surface area (Å²) < 4.78 is 10.7. The molecule has 0 bridgehead atoms. The zero-order valence-corrected chi connectivity index (χ0v) is 7.91. The van der Waals surface area contributed by atoms with E-state index in [1.165, 1.54) is 0 Å². The minimum Gasteiger partial charge on any atom is -0.305 e. The summed E-state index contributed by atoms with van der Waals surface area (Å²) in [6.07, 6.45) is 0. The lowest BCUT2D eigenvalue weighted by atomic mass is 10.6. The molecule has 0 saturated carbocycles. The van der Waals surface area contributed by atoms with Crippen LogP contribution in [0.1, 0.15) is 13.8 Å². The van der Waals surface area contributed by atoms with Gasteiger partial charge >= 0.3 is 0 Å². The summed E-state index contributed by atoms with van der Waals surface area (Å²) in [5.41, 5.74) is 0. The maximum Gasteiger partial charge on any atom is 0.0362 e. The molecular weight excluding hydrogens is 146 g/mol. The monoisotopic (exact) mass is 163 g/mol. The highest BCUT2D eigenvalue weighted by atomic mass is 32.2. The van der Waals surface area contributed by atoms with Gasteiger partial charge in [0.05, 0.1) is 0 Å². The second-order valence-corrected chi connectivity index (χ2v) is 3.85. The second-order valence-electron chi connectivity index (χ2n) is 2.15. The van der Waals surface area contributed by atoms with Crippen LogP contribution >= 0.6 is 0 Å². The fourth-order valence-electron chi connectivity index (χ4n) is 0.729. The van der Waals surface area contributed by atoms with Crippen LogP contribution < -0.4 is 0 Å². The first kappa shape index (κ1) is 10.1. The van der Waals surface area contributed by atoms with Gasteiger partial charge in [0.25, 0.3) is 0 Å². The Labute approximate surface area is 66.1 Å². The van der Waals surface area contributed by atoms with Crippen molar-refractivity contribution in [2.45, 2.75) is 13.8 Å². The highest BCUT2D eigenvalue weighted by Gasteiger charge is 2.09. The first-order valence-corrected chi connectivity index (χ1v) is 5.31. The van der Waals surface area contributed by atoms with E-state index in [2.05, 4.69) is 11.9 Å². The largest absolute Gasteiger partial charge is 0.305 e. The van der Waals surface area contributed by atoms with Crippen LogP contribution in [0.5, 0.6) is 0 Å². The van der Waals surface area contributed by atoms with E-state index in [-0.39, 0.29) is 0 Å². The third-order valence-electron chi connectivity index (χ3n) is 1.40. The predicted molar refractivity (Wildman–Crippen MR) is 46.7 cm³/mol. The predicted octanol–water partition coefficient (Wildman–Crippen LogP) is 0.707. The molecule has 1 rings (SSSR count). The summed E-state index contributed by atoms with van der Waals surface area (Å²) in [5, 5.41) is 0. The van der Waals surface area contributed by atoms with E-state index < -0.39 is 10.8 Å². The Balaban J connectivity index is 0.000000371. The van der Waals surface area contributed by atoms with Crippen molar-refractivity contribution in [3.8, 4) is 0 Å². The average molecular weight is 163 g/mol. The van der Waals surface area contributed by atoms with Gasteiger partial charge < -0.3 is 4.90 Å². The van der Waals surface area contributed by atoms with Crippen molar-refractivity contribution in [2.24, 2.45) is 0 Å². The first-order chi connectivity index (χ1) is 4.79. The molecule has 1 aliphatic heterocycles. The number of hydrogen-bond donors (Lipinski definition) is 0. The number of nitrogens with zero attached hydrogens (tertiary/aromatic N) is 1. The van der Waals surface area contributed by atoms with Crippen molar-refractivity contribution in [3.05, 3.63) is 0 Å². The molecule has 3 heteroatoms. The molecule has 10 heavy (non-hydrogen) atoms. The zero-order chi connectivity index (χ0) is 7.98. The molecule has 0 unspecified atom stereocenters. The molecule has 1 heterocycles. The van der Waals surface area contributed by atoms with Gasteiger partial charge in [-0.1, -0.05) is 13.8 Å². The van der Waals surface area contributed by atoms with Crippen LogP contribution in [0.3, 0.4) is 0 Å². The van der Waals surface area contributed by atoms with E-state index in [1.807, 2.05) is 13.8 Å². The molecule has 1 saturated heterocycles. The Morgan fingerprint density at radius 3 is 1.90 bits per heavy atom. The molecule has 0 spiro atoms. The summed E-state index contributed by atoms with van der Waals surface area (Å²) in [7, 11) is 1.56. The summed E-state index contributed by atoms with van der Waals surface area (Å²) in [5.74, 6) is 1.74. The van der Waals surface area contributed by atoms with Crippen LogP contribution in [0, 0.1) is 0 Å². The van der Waals surface area contributed by atoms with Gasteiger partial charge in [0.2, 0.25) is 0 Å². The van der Waals surface area contributed by atoms with Gasteiger partial charge in [-0.05, 0) is 7.05 Å². The molecule has 0 atom stereocenters. The fraction of sp³-hybridized carbons (Fsp3) is 1.00. The van der Waals surface area contributed by atoms with E-state index >= 15 is 0 Å². The number of hydrogen-bond acceptors (Lipinski definition) is 2. The van der Waals surface area contributed by atoms with Gasteiger partial charge in [-0.2, -0.15) is 0 Å². The van der Waals surface area contributed by atoms with Gasteiger partial charge in [-0.3, -0.25) is 4.21 Å². The average Bonchev–Trinajstić information content (AvgIpc) is 2.00. The normalized spacial score (nSPS) is 21.5. The minimum atomic E-state index is -0.503. The molecule has 2 nitrogen and oxygen atoms in total. The van der Waals surface area contributed by atoms with Crippen molar-refractivity contribution in [2.75, 3.05) is 31.6 Å². The molecular formula is C7H17NOS. The topological polar surface area (TPSA) is 20.3 Å². The Hall–Kier alpha value is 0.110. The molecule has 0 aromatic heterocycles. The van der Waals surface area contributed by atoms with Crippen LogP contribution in [-0.2, 0) is 10.8 Å². The van der Waals surface area contributed by atoms with Crippen molar-refractivity contribution in [1.29, 1.82) is 0 Å². The molecule has 0 aromatic rings. The van der Waals surface area contributed by atoms with Crippen molar-refractivity contribution in [1.82, 2.24) is 4.90 Å². The van der Waals surface area contributed by atoms with Gasteiger partial charge in [0.15, 0.2) is 0 Å². The molecule has 1 aliphatic rings. The van der Waals surface area contributed by atoms with Crippen molar-refractivity contribution >= 4 is 10.8 Å². The lowest BCUT2D eigenvalue weighted by Crippen LogP contribution is -2.34. The smallest absolute Gasteiger partial charge is 0.0362 e. The van der Waals surface area contributed by atoms with E-state index in [9.17, 15) is 4.21 Å². The molecule has 0 amide bonds. The Morgan fingerprint density at radius 2 is 1.60 bits per heavy atom. The molecule has 62 valence electrons. The third kappa shape index (κ3) is 4.01. The van der Waals surface area contributed by atoms with Crippen molar-refractivity contribution < 1.29 is 4.21 Å². The molecule has 1 fully saturated rings. The Morgan fingerprint density at radius 1 is 1.20 bits per heavy atom. The molecule has 0 N–H and O–H groups in total. The highest BCUT2D eigenvalue weighted by molar-refractivity contribution is 7.85. The minimum absolute atomic E-state index is 0.503. The van der Waals surface area contributed by atoms with E-state index in [1.54, 1.807) is 0 Å². The fourth-order valence-corrected chi connectivity index (χ4v) is 1.96. The molecule has 0 aromatic carbocycles. The summed E-state index contributed by atoms with van der Waals surface area (Å²) in [6, 6.07) is 0. The van der Waals surface area contributed by atoms with Gasteiger partial charge in [0, 0.05) is 35.4 Å². The maximum atomic E-state index is 10.7. The van der Waals surface area contributed by atoms with Crippen LogP contribution in [0.15, 0.2) is 0 Å². The first-order valence-electron chi connectivity index (χ1n) is 3.82. The maximum absolute atomic E-state index is 10.7. The number of rotatable bonds is 0. The van der Waals surface area contributed by atoms with E-state index in [4.69, 9.17) is 0 Å². The lowest BCUT2D eigenvalue weighted by Gasteiger charge is -2.20. The summed E-state index contributed by atoms with van der Waals surface area (Å²) >= 11 is 0. The van der Waals surface area contributed by atoms with Crippen LogP contribution in [0.25, 0.3) is 0 Å². The Kier molecular flexibility index (Phi) is 5.93. The van der Waals surface area contributed by atoms with Crippen molar-refractivity contribution in [3.63, 3.8) is 0 Å².